The van der Waals surface area contributed by atoms with E-state index < -0.39 is 0 Å². The number of hydrogen-bond acceptors (Lipinski definition) is 1. The molecule has 1 aliphatic carbocycles. The van der Waals surface area contributed by atoms with Crippen LogP contribution in [0.2, 0.25) is 10.0 Å². The second-order valence-corrected chi connectivity index (χ2v) is 6.86. The molecule has 0 radical (unpaired) electrons. The predicted molar refractivity (Wildman–Crippen MR) is 84.0 cm³/mol. The van der Waals surface area contributed by atoms with Gasteiger partial charge < -0.3 is 5.32 Å². The third-order valence-corrected chi connectivity index (χ3v) is 5.09. The largest absolute Gasteiger partial charge is 0.307 e. The first-order chi connectivity index (χ1) is 8.97. The van der Waals surface area contributed by atoms with Crippen LogP contribution >= 0.6 is 23.2 Å². The fourth-order valence-electron chi connectivity index (χ4n) is 2.99. The van der Waals surface area contributed by atoms with Crippen molar-refractivity contribution in [3.63, 3.8) is 0 Å². The summed E-state index contributed by atoms with van der Waals surface area (Å²) >= 11 is 12.3. The summed E-state index contributed by atoms with van der Waals surface area (Å²) < 4.78 is 0. The maximum Gasteiger partial charge on any atom is 0.0454 e. The molecule has 0 aromatic heterocycles. The normalized spacial score (nSPS) is 29.2. The van der Waals surface area contributed by atoms with Crippen LogP contribution in [0.4, 0.5) is 0 Å². The van der Waals surface area contributed by atoms with E-state index in [1.54, 1.807) is 0 Å². The molecule has 0 heterocycles. The van der Waals surface area contributed by atoms with Crippen LogP contribution in [0, 0.1) is 11.8 Å². The summed E-state index contributed by atoms with van der Waals surface area (Å²) in [7, 11) is 0. The fraction of sp³-hybridized carbons (Fsp3) is 0.625. The van der Waals surface area contributed by atoms with E-state index in [-0.39, 0.29) is 6.04 Å². The molecule has 1 nitrogen and oxygen atoms in total. The molecule has 4 atom stereocenters. The Bertz CT molecular complexity index is 433. The zero-order valence-electron chi connectivity index (χ0n) is 11.9. The van der Waals surface area contributed by atoms with E-state index in [4.69, 9.17) is 23.2 Å². The van der Waals surface area contributed by atoms with Crippen molar-refractivity contribution in [1.82, 2.24) is 5.32 Å². The lowest BCUT2D eigenvalue weighted by Gasteiger charge is -2.34. The number of benzene rings is 1. The van der Waals surface area contributed by atoms with E-state index in [0.29, 0.717) is 6.04 Å². The van der Waals surface area contributed by atoms with Gasteiger partial charge in [-0.3, -0.25) is 0 Å². The summed E-state index contributed by atoms with van der Waals surface area (Å²) in [6, 6.07) is 6.53. The Morgan fingerprint density at radius 1 is 1.16 bits per heavy atom. The first-order valence-corrected chi connectivity index (χ1v) is 7.94. The van der Waals surface area contributed by atoms with Gasteiger partial charge >= 0.3 is 0 Å². The molecule has 19 heavy (non-hydrogen) atoms. The summed E-state index contributed by atoms with van der Waals surface area (Å²) in [6.45, 7) is 6.88. The van der Waals surface area contributed by atoms with Crippen LogP contribution in [-0.4, -0.2) is 6.04 Å². The Morgan fingerprint density at radius 3 is 2.58 bits per heavy atom. The molecular formula is C16H23Cl2N. The first kappa shape index (κ1) is 15.2. The summed E-state index contributed by atoms with van der Waals surface area (Å²) in [5.41, 5.74) is 1.10. The Balaban J connectivity index is 2.01. The average molecular weight is 300 g/mol. The van der Waals surface area contributed by atoms with Crippen LogP contribution < -0.4 is 5.32 Å². The average Bonchev–Trinajstić information content (AvgIpc) is 2.36. The van der Waals surface area contributed by atoms with Crippen molar-refractivity contribution in [3.05, 3.63) is 33.8 Å². The molecule has 4 unspecified atom stereocenters. The monoisotopic (exact) mass is 299 g/mol. The Morgan fingerprint density at radius 2 is 1.89 bits per heavy atom. The zero-order chi connectivity index (χ0) is 14.0. The standard InChI is InChI=1S/C16H23Cl2N/c1-10-4-6-14(8-11(10)2)19-12(3)15-9-13(17)5-7-16(15)18/h5,7,9-12,14,19H,4,6,8H2,1-3H3. The van der Waals surface area contributed by atoms with Gasteiger partial charge in [0.05, 0.1) is 0 Å². The number of nitrogens with one attached hydrogen (secondary N) is 1. The molecular weight excluding hydrogens is 277 g/mol. The van der Waals surface area contributed by atoms with Crippen LogP contribution in [-0.2, 0) is 0 Å². The van der Waals surface area contributed by atoms with Crippen LogP contribution in [0.25, 0.3) is 0 Å². The second kappa shape index (κ2) is 6.47. The lowest BCUT2D eigenvalue weighted by atomic mass is 9.79. The second-order valence-electron chi connectivity index (χ2n) is 6.02. The van der Waals surface area contributed by atoms with Gasteiger partial charge in [-0.05, 0) is 61.8 Å². The SMILES string of the molecule is CC(NC1CCC(C)C(C)C1)c1cc(Cl)ccc1Cl. The molecule has 3 heteroatoms. The molecule has 1 aromatic rings. The maximum absolute atomic E-state index is 6.26. The van der Waals surface area contributed by atoms with E-state index in [1.165, 1.54) is 19.3 Å². The summed E-state index contributed by atoms with van der Waals surface area (Å²) in [5.74, 6) is 1.65. The van der Waals surface area contributed by atoms with Crippen molar-refractivity contribution >= 4 is 23.2 Å². The van der Waals surface area contributed by atoms with Crippen LogP contribution in [0.5, 0.6) is 0 Å². The number of rotatable bonds is 3. The molecule has 0 aliphatic heterocycles. The third kappa shape index (κ3) is 3.87. The molecule has 1 saturated carbocycles. The van der Waals surface area contributed by atoms with Gasteiger partial charge in [0.1, 0.15) is 0 Å². The van der Waals surface area contributed by atoms with Gasteiger partial charge in [-0.15, -0.1) is 0 Å². The van der Waals surface area contributed by atoms with Gasteiger partial charge in [0.25, 0.3) is 0 Å². The molecule has 1 aliphatic rings. The highest BCUT2D eigenvalue weighted by Gasteiger charge is 2.25. The summed E-state index contributed by atoms with van der Waals surface area (Å²) in [6.07, 6.45) is 3.83. The first-order valence-electron chi connectivity index (χ1n) is 7.18. The van der Waals surface area contributed by atoms with Crippen molar-refractivity contribution < 1.29 is 0 Å². The zero-order valence-corrected chi connectivity index (χ0v) is 13.4. The molecule has 1 fully saturated rings. The molecule has 1 aromatic carbocycles. The number of halogens is 2. The quantitative estimate of drug-likeness (QED) is 0.780. The lowest BCUT2D eigenvalue weighted by Crippen LogP contribution is -2.37. The van der Waals surface area contributed by atoms with Gasteiger partial charge in [-0.1, -0.05) is 37.0 Å². The molecule has 0 amide bonds. The van der Waals surface area contributed by atoms with Gasteiger partial charge in [0.2, 0.25) is 0 Å². The van der Waals surface area contributed by atoms with Crippen molar-refractivity contribution in [2.45, 2.75) is 52.1 Å². The topological polar surface area (TPSA) is 12.0 Å². The van der Waals surface area contributed by atoms with E-state index in [1.807, 2.05) is 18.2 Å². The maximum atomic E-state index is 6.26. The van der Waals surface area contributed by atoms with E-state index in [9.17, 15) is 0 Å². The smallest absolute Gasteiger partial charge is 0.0454 e. The van der Waals surface area contributed by atoms with Crippen molar-refractivity contribution in [2.24, 2.45) is 11.8 Å². The van der Waals surface area contributed by atoms with E-state index >= 15 is 0 Å². The Hall–Kier alpha value is -0.240. The lowest BCUT2D eigenvalue weighted by molar-refractivity contribution is 0.217. The molecule has 2 rings (SSSR count). The van der Waals surface area contributed by atoms with Crippen molar-refractivity contribution in [2.75, 3.05) is 0 Å². The van der Waals surface area contributed by atoms with E-state index in [0.717, 1.165) is 27.4 Å². The Kier molecular flexibility index (Phi) is 5.16. The van der Waals surface area contributed by atoms with Gasteiger partial charge in [0.15, 0.2) is 0 Å². The van der Waals surface area contributed by atoms with Gasteiger partial charge in [0, 0.05) is 22.1 Å². The van der Waals surface area contributed by atoms with Crippen molar-refractivity contribution in [1.29, 1.82) is 0 Å². The van der Waals surface area contributed by atoms with Gasteiger partial charge in [-0.2, -0.15) is 0 Å². The highest BCUT2D eigenvalue weighted by Crippen LogP contribution is 2.32. The summed E-state index contributed by atoms with van der Waals surface area (Å²) in [4.78, 5) is 0. The number of hydrogen-bond donors (Lipinski definition) is 1. The Labute approximate surface area is 126 Å². The van der Waals surface area contributed by atoms with Gasteiger partial charge in [-0.25, -0.2) is 0 Å². The summed E-state index contributed by atoms with van der Waals surface area (Å²) in [5, 5.41) is 5.25. The van der Waals surface area contributed by atoms with Crippen LogP contribution in [0.15, 0.2) is 18.2 Å². The minimum absolute atomic E-state index is 0.247. The third-order valence-electron chi connectivity index (χ3n) is 4.51. The van der Waals surface area contributed by atoms with Crippen LogP contribution in [0.3, 0.4) is 0 Å². The van der Waals surface area contributed by atoms with Crippen LogP contribution in [0.1, 0.15) is 51.6 Å². The molecule has 106 valence electrons. The minimum Gasteiger partial charge on any atom is -0.307 e. The van der Waals surface area contributed by atoms with Crippen molar-refractivity contribution in [3.8, 4) is 0 Å². The highest BCUT2D eigenvalue weighted by molar-refractivity contribution is 6.33. The van der Waals surface area contributed by atoms with E-state index in [2.05, 4.69) is 26.1 Å². The minimum atomic E-state index is 0.247. The highest BCUT2D eigenvalue weighted by atomic mass is 35.5. The molecule has 0 spiro atoms. The molecule has 1 N–H and O–H groups in total. The predicted octanol–water partition coefficient (Wildman–Crippen LogP) is 5.47. The molecule has 0 bridgehead atoms. The molecule has 0 saturated heterocycles. The fourth-order valence-corrected chi connectivity index (χ4v) is 3.45.